The number of rotatable bonds is 5. The number of nitrogens with zero attached hydrogens (tertiary/aromatic N) is 4. The molecule has 8 rings (SSSR count). The Bertz CT molecular complexity index is 1450. The molecule has 11 nitrogen and oxygen atoms in total. The lowest BCUT2D eigenvalue weighted by molar-refractivity contribution is -0.383. The molecule has 2 bridgehead atoms. The van der Waals surface area contributed by atoms with Gasteiger partial charge in [0.1, 0.15) is 6.10 Å². The van der Waals surface area contributed by atoms with Crippen LogP contribution in [0.15, 0.2) is 28.9 Å². The van der Waals surface area contributed by atoms with Crippen molar-refractivity contribution in [1.29, 1.82) is 0 Å². The second-order valence-corrected chi connectivity index (χ2v) is 11.4. The standard InChI is InChI=1S/C26H27N5O6/c32-18-6-3-13-9-17-14-10-19(33)23(27-15-4-5-16(31(34)35)22-21(15)28-37-29-22)25-26(14,20(13)24(18)36-25)7-8-30(17)11-12-1-2-12/h3-6,12,14,17,19,23,25,27,32-33H,1-2,7-11H2. The molecule has 11 heteroatoms. The largest absolute Gasteiger partial charge is 0.504 e. The van der Waals surface area contributed by atoms with Gasteiger partial charge in [0, 0.05) is 29.6 Å². The SMILES string of the molecule is O=[N+]([O-])c1ccc(NC2C(O)CC3C4Cc5ccc(O)c6c5C3(CCN4CC3CC3)C2O6)c2nonc12. The third-order valence-corrected chi connectivity index (χ3v) is 9.62. The van der Waals surface area contributed by atoms with Crippen molar-refractivity contribution in [3.05, 3.63) is 45.5 Å². The van der Waals surface area contributed by atoms with Crippen LogP contribution in [0.3, 0.4) is 0 Å². The van der Waals surface area contributed by atoms with E-state index in [1.54, 1.807) is 12.1 Å². The number of aliphatic hydroxyl groups excluding tert-OH is 1. The molecular weight excluding hydrogens is 478 g/mol. The molecule has 192 valence electrons. The number of anilines is 1. The molecule has 0 radical (unpaired) electrons. The Hall–Kier alpha value is -3.44. The Morgan fingerprint density at radius 2 is 2.05 bits per heavy atom. The minimum Gasteiger partial charge on any atom is -0.504 e. The molecule has 3 heterocycles. The summed E-state index contributed by atoms with van der Waals surface area (Å²) in [6.07, 6.45) is 3.85. The van der Waals surface area contributed by atoms with Crippen LogP contribution in [0.5, 0.6) is 11.5 Å². The molecule has 3 fully saturated rings. The first kappa shape index (κ1) is 21.6. The number of aromatic nitrogens is 2. The van der Waals surface area contributed by atoms with Crippen molar-refractivity contribution >= 4 is 22.4 Å². The van der Waals surface area contributed by atoms with Gasteiger partial charge in [-0.1, -0.05) is 6.07 Å². The first-order valence-electron chi connectivity index (χ1n) is 13.1. The number of nitro benzene ring substituents is 1. The number of aliphatic hydroxyl groups is 1. The summed E-state index contributed by atoms with van der Waals surface area (Å²) in [4.78, 5) is 13.6. The fraction of sp³-hybridized carbons (Fsp3) is 0.538. The van der Waals surface area contributed by atoms with Gasteiger partial charge in [-0.2, -0.15) is 0 Å². The fourth-order valence-electron chi connectivity index (χ4n) is 7.92. The summed E-state index contributed by atoms with van der Waals surface area (Å²) in [5.74, 6) is 1.66. The lowest BCUT2D eigenvalue weighted by Gasteiger charge is -2.60. The van der Waals surface area contributed by atoms with Crippen molar-refractivity contribution in [3.8, 4) is 11.5 Å². The third kappa shape index (κ3) is 2.84. The first-order valence-corrected chi connectivity index (χ1v) is 13.1. The van der Waals surface area contributed by atoms with Crippen LogP contribution >= 0.6 is 0 Å². The van der Waals surface area contributed by atoms with E-state index in [0.29, 0.717) is 23.9 Å². The summed E-state index contributed by atoms with van der Waals surface area (Å²) >= 11 is 0. The number of aromatic hydroxyl groups is 1. The van der Waals surface area contributed by atoms with Crippen molar-refractivity contribution in [2.75, 3.05) is 18.4 Å². The Kier molecular flexibility index (Phi) is 4.28. The predicted octanol–water partition coefficient (Wildman–Crippen LogP) is 2.74. The molecule has 3 aliphatic carbocycles. The van der Waals surface area contributed by atoms with Gasteiger partial charge in [-0.05, 0) is 78.5 Å². The predicted molar refractivity (Wildman–Crippen MR) is 131 cm³/mol. The monoisotopic (exact) mass is 505 g/mol. The van der Waals surface area contributed by atoms with Crippen LogP contribution in [-0.4, -0.2) is 67.7 Å². The molecule has 0 amide bonds. The van der Waals surface area contributed by atoms with Crippen LogP contribution in [0.4, 0.5) is 11.4 Å². The summed E-state index contributed by atoms with van der Waals surface area (Å²) in [5.41, 5.74) is 2.60. The average Bonchev–Trinajstić information content (AvgIpc) is 3.42. The van der Waals surface area contributed by atoms with E-state index in [4.69, 9.17) is 9.37 Å². The van der Waals surface area contributed by atoms with Crippen molar-refractivity contribution in [3.63, 3.8) is 0 Å². The van der Waals surface area contributed by atoms with Crippen molar-refractivity contribution in [1.82, 2.24) is 15.2 Å². The summed E-state index contributed by atoms with van der Waals surface area (Å²) in [6, 6.07) is 6.51. The molecular formula is C26H27N5O6. The van der Waals surface area contributed by atoms with E-state index in [0.717, 1.165) is 37.4 Å². The van der Waals surface area contributed by atoms with E-state index < -0.39 is 23.2 Å². The highest BCUT2D eigenvalue weighted by molar-refractivity contribution is 5.93. The van der Waals surface area contributed by atoms with Gasteiger partial charge in [-0.25, -0.2) is 4.63 Å². The van der Waals surface area contributed by atoms with Gasteiger partial charge in [0.05, 0.1) is 22.8 Å². The number of ether oxygens (including phenoxy) is 1. The number of piperidine rings is 1. The number of hydrogen-bond acceptors (Lipinski definition) is 10. The molecule has 3 aromatic rings. The summed E-state index contributed by atoms with van der Waals surface area (Å²) in [7, 11) is 0. The maximum atomic E-state index is 11.6. The van der Waals surface area contributed by atoms with Crippen LogP contribution in [0.25, 0.3) is 11.0 Å². The molecule has 1 aromatic heterocycles. The van der Waals surface area contributed by atoms with E-state index in [1.807, 2.05) is 6.07 Å². The lowest BCUT2D eigenvalue weighted by Crippen LogP contribution is -2.70. The normalized spacial score (nSPS) is 33.7. The number of fused-ring (bicyclic) bond motifs is 1. The quantitative estimate of drug-likeness (QED) is 0.349. The average molecular weight is 506 g/mol. The van der Waals surface area contributed by atoms with E-state index in [1.165, 1.54) is 24.5 Å². The molecule has 2 aliphatic heterocycles. The summed E-state index contributed by atoms with van der Waals surface area (Å²) in [6.45, 7) is 2.07. The number of benzene rings is 2. The number of likely N-dealkylation sites (tertiary alicyclic amines) is 1. The van der Waals surface area contributed by atoms with Crippen LogP contribution in [0.1, 0.15) is 36.8 Å². The molecule has 5 aliphatic rings. The van der Waals surface area contributed by atoms with Crippen LogP contribution in [-0.2, 0) is 11.8 Å². The van der Waals surface area contributed by atoms with Gasteiger partial charge in [0.25, 0.3) is 0 Å². The zero-order chi connectivity index (χ0) is 25.1. The van der Waals surface area contributed by atoms with E-state index >= 15 is 0 Å². The van der Waals surface area contributed by atoms with Gasteiger partial charge in [-0.3, -0.25) is 15.0 Å². The zero-order valence-electron chi connectivity index (χ0n) is 20.0. The van der Waals surface area contributed by atoms with E-state index in [9.17, 15) is 20.3 Å². The minimum absolute atomic E-state index is 0.0537. The zero-order valence-corrected chi connectivity index (χ0v) is 20.0. The van der Waals surface area contributed by atoms with Gasteiger partial charge in [0.2, 0.25) is 5.52 Å². The number of nitro groups is 1. The smallest absolute Gasteiger partial charge is 0.300 e. The molecule has 2 aromatic carbocycles. The Morgan fingerprint density at radius 1 is 1.22 bits per heavy atom. The summed E-state index contributed by atoms with van der Waals surface area (Å²) in [5, 5.41) is 44.9. The van der Waals surface area contributed by atoms with E-state index in [-0.39, 0.29) is 33.8 Å². The maximum absolute atomic E-state index is 11.6. The molecule has 1 saturated heterocycles. The Balaban J connectivity index is 1.22. The maximum Gasteiger partial charge on any atom is 0.300 e. The van der Waals surface area contributed by atoms with Gasteiger partial charge < -0.3 is 20.3 Å². The lowest BCUT2D eigenvalue weighted by atomic mass is 9.50. The highest BCUT2D eigenvalue weighted by atomic mass is 16.6. The number of phenols is 1. The van der Waals surface area contributed by atoms with Gasteiger partial charge in [-0.15, -0.1) is 0 Å². The Morgan fingerprint density at radius 3 is 2.86 bits per heavy atom. The molecule has 3 N–H and O–H groups in total. The minimum atomic E-state index is -0.727. The summed E-state index contributed by atoms with van der Waals surface area (Å²) < 4.78 is 11.4. The molecule has 6 unspecified atom stereocenters. The van der Waals surface area contributed by atoms with Crippen molar-refractivity contribution < 1.29 is 24.5 Å². The topological polar surface area (TPSA) is 147 Å². The van der Waals surface area contributed by atoms with Gasteiger partial charge in [0.15, 0.2) is 17.0 Å². The highest BCUT2D eigenvalue weighted by Crippen LogP contribution is 2.64. The third-order valence-electron chi connectivity index (χ3n) is 9.62. The second kappa shape index (κ2) is 7.32. The first-order chi connectivity index (χ1) is 18.0. The number of hydrogen-bond donors (Lipinski definition) is 3. The van der Waals surface area contributed by atoms with Crippen LogP contribution in [0.2, 0.25) is 0 Å². The molecule has 37 heavy (non-hydrogen) atoms. The van der Waals surface area contributed by atoms with Crippen LogP contribution < -0.4 is 10.1 Å². The fourth-order valence-corrected chi connectivity index (χ4v) is 7.92. The van der Waals surface area contributed by atoms with Gasteiger partial charge >= 0.3 is 5.69 Å². The second-order valence-electron chi connectivity index (χ2n) is 11.4. The molecule has 6 atom stereocenters. The molecule has 2 saturated carbocycles. The number of phenolic OH excluding ortho intramolecular Hbond substituents is 1. The number of non-ortho nitro benzene ring substituents is 1. The van der Waals surface area contributed by atoms with Crippen LogP contribution in [0, 0.1) is 22.0 Å². The van der Waals surface area contributed by atoms with E-state index in [2.05, 4.69) is 20.5 Å². The Labute approximate surface area is 211 Å². The highest BCUT2D eigenvalue weighted by Gasteiger charge is 2.67. The molecule has 1 spiro atoms. The number of nitrogens with one attached hydrogen (secondary N) is 1. The van der Waals surface area contributed by atoms with Crippen molar-refractivity contribution in [2.45, 2.75) is 61.8 Å². The van der Waals surface area contributed by atoms with Crippen molar-refractivity contribution in [2.24, 2.45) is 11.8 Å².